The standard InChI is InChI=1S/C14H10Br2F2O2/c1-7(19)10-3-2-8(15)5-12(10)20-13-6-9(16)4-11(17)14(13)18/h2-7,19H,1H3. The minimum absolute atomic E-state index is 0.253. The molecule has 0 aliphatic rings. The van der Waals surface area contributed by atoms with Crippen LogP contribution in [-0.2, 0) is 0 Å². The van der Waals surface area contributed by atoms with Crippen LogP contribution >= 0.6 is 31.9 Å². The minimum Gasteiger partial charge on any atom is -0.454 e. The van der Waals surface area contributed by atoms with Gasteiger partial charge >= 0.3 is 0 Å². The van der Waals surface area contributed by atoms with E-state index in [1.807, 2.05) is 0 Å². The lowest BCUT2D eigenvalue weighted by Crippen LogP contribution is -1.98. The summed E-state index contributed by atoms with van der Waals surface area (Å²) in [5, 5.41) is 9.68. The zero-order valence-corrected chi connectivity index (χ0v) is 13.5. The van der Waals surface area contributed by atoms with Gasteiger partial charge in [0.2, 0.25) is 5.82 Å². The summed E-state index contributed by atoms with van der Waals surface area (Å²) in [6.45, 7) is 1.56. The molecule has 0 heterocycles. The van der Waals surface area contributed by atoms with Gasteiger partial charge in [-0.05, 0) is 31.2 Å². The molecule has 0 amide bonds. The monoisotopic (exact) mass is 406 g/mol. The van der Waals surface area contributed by atoms with Crippen molar-refractivity contribution >= 4 is 31.9 Å². The summed E-state index contributed by atoms with van der Waals surface area (Å²) < 4.78 is 33.5. The van der Waals surface area contributed by atoms with Gasteiger partial charge in [-0.2, -0.15) is 4.39 Å². The van der Waals surface area contributed by atoms with E-state index in [4.69, 9.17) is 4.74 Å². The van der Waals surface area contributed by atoms with Gasteiger partial charge in [-0.15, -0.1) is 0 Å². The lowest BCUT2D eigenvalue weighted by atomic mass is 10.1. The van der Waals surface area contributed by atoms with Crippen LogP contribution in [0.2, 0.25) is 0 Å². The Labute approximate surface area is 131 Å². The van der Waals surface area contributed by atoms with E-state index >= 15 is 0 Å². The van der Waals surface area contributed by atoms with Crippen LogP contribution in [0.3, 0.4) is 0 Å². The van der Waals surface area contributed by atoms with Crippen molar-refractivity contribution in [3.8, 4) is 11.5 Å². The molecule has 0 aliphatic heterocycles. The van der Waals surface area contributed by atoms with E-state index in [-0.39, 0.29) is 11.5 Å². The molecule has 1 unspecified atom stereocenters. The van der Waals surface area contributed by atoms with Gasteiger partial charge in [0.05, 0.1) is 6.10 Å². The number of benzene rings is 2. The highest BCUT2D eigenvalue weighted by molar-refractivity contribution is 9.10. The van der Waals surface area contributed by atoms with E-state index in [9.17, 15) is 13.9 Å². The Bertz CT molecular complexity index is 645. The average molecular weight is 408 g/mol. The van der Waals surface area contributed by atoms with E-state index in [1.165, 1.54) is 6.07 Å². The molecule has 0 saturated heterocycles. The maximum Gasteiger partial charge on any atom is 0.201 e. The normalized spacial score (nSPS) is 12.3. The molecule has 1 N–H and O–H groups in total. The summed E-state index contributed by atoms with van der Waals surface area (Å²) in [5.41, 5.74) is 0.480. The van der Waals surface area contributed by atoms with Crippen LogP contribution in [0.1, 0.15) is 18.6 Å². The number of halogens is 4. The van der Waals surface area contributed by atoms with Crippen molar-refractivity contribution in [2.45, 2.75) is 13.0 Å². The topological polar surface area (TPSA) is 29.5 Å². The molecule has 0 bridgehead atoms. The average Bonchev–Trinajstić information content (AvgIpc) is 2.35. The molecular weight excluding hydrogens is 398 g/mol. The van der Waals surface area contributed by atoms with Crippen molar-refractivity contribution < 1.29 is 18.6 Å². The molecule has 6 heteroatoms. The van der Waals surface area contributed by atoms with Gasteiger partial charge in [0.25, 0.3) is 0 Å². The molecule has 0 spiro atoms. The molecule has 0 aliphatic carbocycles. The molecule has 0 radical (unpaired) electrons. The van der Waals surface area contributed by atoms with Crippen molar-refractivity contribution in [3.05, 3.63) is 56.5 Å². The van der Waals surface area contributed by atoms with Gasteiger partial charge in [0.15, 0.2) is 11.6 Å². The second-order valence-electron chi connectivity index (χ2n) is 4.16. The van der Waals surface area contributed by atoms with E-state index in [0.29, 0.717) is 14.5 Å². The molecule has 20 heavy (non-hydrogen) atoms. The Morgan fingerprint density at radius 1 is 1.05 bits per heavy atom. The van der Waals surface area contributed by atoms with Gasteiger partial charge in [-0.1, -0.05) is 37.9 Å². The molecule has 106 valence electrons. The Balaban J connectivity index is 2.47. The second-order valence-corrected chi connectivity index (χ2v) is 5.99. The van der Waals surface area contributed by atoms with Crippen LogP contribution in [0.15, 0.2) is 39.3 Å². The number of aliphatic hydroxyl groups is 1. The van der Waals surface area contributed by atoms with Gasteiger partial charge in [0.1, 0.15) is 5.75 Å². The summed E-state index contributed by atoms with van der Waals surface area (Å²) in [6, 6.07) is 7.30. The Morgan fingerprint density at radius 2 is 1.70 bits per heavy atom. The van der Waals surface area contributed by atoms with Crippen LogP contribution in [-0.4, -0.2) is 5.11 Å². The zero-order valence-electron chi connectivity index (χ0n) is 10.3. The van der Waals surface area contributed by atoms with Crippen LogP contribution in [0.4, 0.5) is 8.78 Å². The first kappa shape index (κ1) is 15.4. The molecule has 2 rings (SSSR count). The van der Waals surface area contributed by atoms with E-state index < -0.39 is 17.7 Å². The first-order valence-corrected chi connectivity index (χ1v) is 7.27. The third-order valence-corrected chi connectivity index (χ3v) is 3.56. The minimum atomic E-state index is -1.08. The van der Waals surface area contributed by atoms with Crippen LogP contribution in [0, 0.1) is 11.6 Å². The lowest BCUT2D eigenvalue weighted by Gasteiger charge is -2.14. The maximum absolute atomic E-state index is 13.7. The molecule has 0 aromatic heterocycles. The third kappa shape index (κ3) is 3.37. The van der Waals surface area contributed by atoms with Crippen molar-refractivity contribution in [2.24, 2.45) is 0 Å². The Hall–Kier alpha value is -0.980. The summed E-state index contributed by atoms with van der Waals surface area (Å²) in [4.78, 5) is 0. The molecule has 1 atom stereocenters. The molecule has 2 nitrogen and oxygen atoms in total. The largest absolute Gasteiger partial charge is 0.454 e. The van der Waals surface area contributed by atoms with Gasteiger partial charge in [0, 0.05) is 14.5 Å². The fourth-order valence-corrected chi connectivity index (χ4v) is 2.42. The van der Waals surface area contributed by atoms with Crippen molar-refractivity contribution in [1.82, 2.24) is 0 Å². The molecular formula is C14H10Br2F2O2. The van der Waals surface area contributed by atoms with Crippen molar-refractivity contribution in [1.29, 1.82) is 0 Å². The summed E-state index contributed by atoms with van der Waals surface area (Å²) in [5.74, 6) is -2.09. The quantitative estimate of drug-likeness (QED) is 0.696. The Kier molecular flexibility index (Phi) is 4.78. The highest BCUT2D eigenvalue weighted by atomic mass is 79.9. The van der Waals surface area contributed by atoms with Crippen LogP contribution in [0.25, 0.3) is 0 Å². The van der Waals surface area contributed by atoms with Crippen LogP contribution < -0.4 is 4.74 Å². The van der Waals surface area contributed by atoms with Crippen molar-refractivity contribution in [2.75, 3.05) is 0 Å². The maximum atomic E-state index is 13.7. The summed E-state index contributed by atoms with van der Waals surface area (Å²) in [6.07, 6.45) is -0.793. The van der Waals surface area contributed by atoms with Gasteiger partial charge < -0.3 is 9.84 Å². The summed E-state index contributed by atoms with van der Waals surface area (Å²) in [7, 11) is 0. The molecule has 0 saturated carbocycles. The van der Waals surface area contributed by atoms with Crippen LogP contribution in [0.5, 0.6) is 11.5 Å². The van der Waals surface area contributed by atoms with E-state index in [1.54, 1.807) is 25.1 Å². The third-order valence-electron chi connectivity index (χ3n) is 2.61. The highest BCUT2D eigenvalue weighted by Crippen LogP contribution is 2.35. The number of hydrogen-bond donors (Lipinski definition) is 1. The van der Waals surface area contributed by atoms with Gasteiger partial charge in [-0.25, -0.2) is 4.39 Å². The predicted molar refractivity (Wildman–Crippen MR) is 78.9 cm³/mol. The first-order valence-electron chi connectivity index (χ1n) is 5.68. The predicted octanol–water partition coefficient (Wildman–Crippen LogP) is 5.34. The molecule has 2 aromatic carbocycles. The fourth-order valence-electron chi connectivity index (χ4n) is 1.67. The first-order chi connectivity index (χ1) is 9.38. The lowest BCUT2D eigenvalue weighted by molar-refractivity contribution is 0.195. The Morgan fingerprint density at radius 3 is 2.35 bits per heavy atom. The summed E-state index contributed by atoms with van der Waals surface area (Å²) >= 11 is 6.34. The number of hydrogen-bond acceptors (Lipinski definition) is 2. The SMILES string of the molecule is CC(O)c1ccc(Br)cc1Oc1cc(Br)cc(F)c1F. The highest BCUT2D eigenvalue weighted by Gasteiger charge is 2.16. The number of rotatable bonds is 3. The van der Waals surface area contributed by atoms with E-state index in [2.05, 4.69) is 31.9 Å². The van der Waals surface area contributed by atoms with E-state index in [0.717, 1.165) is 6.07 Å². The number of aliphatic hydroxyl groups excluding tert-OH is 1. The number of ether oxygens (including phenoxy) is 1. The molecule has 0 fully saturated rings. The van der Waals surface area contributed by atoms with Crippen molar-refractivity contribution in [3.63, 3.8) is 0 Å². The molecule has 2 aromatic rings. The van der Waals surface area contributed by atoms with Gasteiger partial charge in [-0.3, -0.25) is 0 Å². The second kappa shape index (κ2) is 6.20. The zero-order chi connectivity index (χ0) is 14.9. The fraction of sp³-hybridized carbons (Fsp3) is 0.143. The smallest absolute Gasteiger partial charge is 0.201 e.